The highest BCUT2D eigenvalue weighted by atomic mass is 19.1. The molecule has 0 aliphatic carbocycles. The standard InChI is InChI=1S/C35H30FN9O2/c1-45(2)12-13-47-26-17-22(15-24(36)18-26)27-10-11-38-34-31(27)41-35(42-34)33-32-29(43-44-33)9-8-28(40-32)23-16-25(20-37-19-23)39-30(46)14-21-6-4-3-5-7-21/h3-11,15-20H,12-14H2,1-2H3,(H,39,46)(H,43,44)(H,38,41,42). The van der Waals surface area contributed by atoms with E-state index >= 15 is 0 Å². The number of fused-ring (bicyclic) bond motifs is 2. The maximum absolute atomic E-state index is 14.7. The van der Waals surface area contributed by atoms with Gasteiger partial charge in [-0.3, -0.25) is 14.9 Å². The van der Waals surface area contributed by atoms with E-state index in [1.165, 1.54) is 12.1 Å². The van der Waals surface area contributed by atoms with Gasteiger partial charge in [-0.25, -0.2) is 19.3 Å². The second-order valence-electron chi connectivity index (χ2n) is 11.3. The zero-order valence-electron chi connectivity index (χ0n) is 25.7. The zero-order valence-corrected chi connectivity index (χ0v) is 25.7. The number of hydrogen-bond acceptors (Lipinski definition) is 8. The molecule has 11 nitrogen and oxygen atoms in total. The van der Waals surface area contributed by atoms with Crippen LogP contribution in [0.1, 0.15) is 5.56 Å². The molecule has 0 bridgehead atoms. The Morgan fingerprint density at radius 1 is 0.957 bits per heavy atom. The van der Waals surface area contributed by atoms with Gasteiger partial charge in [-0.05, 0) is 61.6 Å². The van der Waals surface area contributed by atoms with Crippen LogP contribution in [-0.4, -0.2) is 73.2 Å². The van der Waals surface area contributed by atoms with E-state index in [-0.39, 0.29) is 12.3 Å². The van der Waals surface area contributed by atoms with Gasteiger partial charge in [0.1, 0.15) is 29.2 Å². The number of H-pyrrole nitrogens is 2. The summed E-state index contributed by atoms with van der Waals surface area (Å²) < 4.78 is 20.5. The van der Waals surface area contributed by atoms with Crippen molar-refractivity contribution in [3.05, 3.63) is 103 Å². The monoisotopic (exact) mass is 627 g/mol. The number of carbonyl (C=O) groups excluding carboxylic acids is 1. The molecule has 0 aliphatic rings. The Morgan fingerprint density at radius 2 is 1.83 bits per heavy atom. The van der Waals surface area contributed by atoms with Crippen LogP contribution >= 0.6 is 0 Å². The first-order valence-electron chi connectivity index (χ1n) is 15.0. The predicted octanol–water partition coefficient (Wildman–Crippen LogP) is 5.89. The van der Waals surface area contributed by atoms with Gasteiger partial charge in [0.25, 0.3) is 0 Å². The van der Waals surface area contributed by atoms with Gasteiger partial charge < -0.3 is 19.9 Å². The molecule has 3 N–H and O–H groups in total. The fourth-order valence-electron chi connectivity index (χ4n) is 5.26. The number of imidazole rings is 1. The lowest BCUT2D eigenvalue weighted by molar-refractivity contribution is -0.115. The number of aromatic amines is 2. The molecule has 2 aromatic carbocycles. The number of pyridine rings is 3. The number of ether oxygens (including phenoxy) is 1. The van der Waals surface area contributed by atoms with Crippen molar-refractivity contribution in [3.8, 4) is 39.7 Å². The van der Waals surface area contributed by atoms with Crippen LogP contribution in [0.15, 0.2) is 91.4 Å². The van der Waals surface area contributed by atoms with Crippen molar-refractivity contribution in [1.82, 2.24) is 40.0 Å². The van der Waals surface area contributed by atoms with Crippen LogP contribution in [-0.2, 0) is 11.2 Å². The van der Waals surface area contributed by atoms with E-state index in [1.807, 2.05) is 67.5 Å². The maximum atomic E-state index is 14.7. The van der Waals surface area contributed by atoms with Crippen LogP contribution in [0.25, 0.3) is 56.1 Å². The summed E-state index contributed by atoms with van der Waals surface area (Å²) in [6.07, 6.45) is 5.20. The molecule has 12 heteroatoms. The van der Waals surface area contributed by atoms with Crippen LogP contribution in [0.5, 0.6) is 5.75 Å². The van der Waals surface area contributed by atoms with Crippen molar-refractivity contribution < 1.29 is 13.9 Å². The third kappa shape index (κ3) is 6.53. The highest BCUT2D eigenvalue weighted by Crippen LogP contribution is 2.33. The molecule has 0 saturated heterocycles. The van der Waals surface area contributed by atoms with Gasteiger partial charge in [-0.2, -0.15) is 5.10 Å². The lowest BCUT2D eigenvalue weighted by atomic mass is 10.1. The number of nitrogens with zero attached hydrogens (tertiary/aromatic N) is 6. The Kier molecular flexibility index (Phi) is 8.07. The Balaban J connectivity index is 1.18. The molecule has 7 rings (SSSR count). The molecule has 0 aliphatic heterocycles. The summed E-state index contributed by atoms with van der Waals surface area (Å²) in [5.41, 5.74) is 7.04. The number of nitrogens with one attached hydrogen (secondary N) is 3. The minimum absolute atomic E-state index is 0.139. The summed E-state index contributed by atoms with van der Waals surface area (Å²) in [6.45, 7) is 1.13. The van der Waals surface area contributed by atoms with E-state index in [9.17, 15) is 9.18 Å². The molecule has 234 valence electrons. The van der Waals surface area contributed by atoms with Crippen molar-refractivity contribution in [3.63, 3.8) is 0 Å². The van der Waals surface area contributed by atoms with Crippen molar-refractivity contribution in [1.29, 1.82) is 0 Å². The lowest BCUT2D eigenvalue weighted by Gasteiger charge is -2.12. The summed E-state index contributed by atoms with van der Waals surface area (Å²) >= 11 is 0. The number of halogens is 1. The fourth-order valence-corrected chi connectivity index (χ4v) is 5.26. The number of amides is 1. The van der Waals surface area contributed by atoms with Crippen molar-refractivity contribution in [2.75, 3.05) is 32.6 Å². The Hall–Kier alpha value is -6.01. The molecule has 0 fully saturated rings. The Labute approximate surface area is 268 Å². The van der Waals surface area contributed by atoms with Gasteiger partial charge in [0.2, 0.25) is 5.91 Å². The SMILES string of the molecule is CN(C)CCOc1cc(F)cc(-c2ccnc3[nH]c(-c4n[nH]c5ccc(-c6cncc(NC(=O)Cc7ccccc7)c6)nc45)nc23)c1. The van der Waals surface area contributed by atoms with Gasteiger partial charge in [0, 0.05) is 36.1 Å². The summed E-state index contributed by atoms with van der Waals surface area (Å²) in [5.74, 6) is 0.342. The molecule has 47 heavy (non-hydrogen) atoms. The molecule has 0 radical (unpaired) electrons. The molecule has 7 aromatic rings. The summed E-state index contributed by atoms with van der Waals surface area (Å²) in [5, 5.41) is 10.5. The average molecular weight is 628 g/mol. The molecule has 5 heterocycles. The molecule has 0 saturated carbocycles. The van der Waals surface area contributed by atoms with E-state index in [1.54, 1.807) is 30.7 Å². The summed E-state index contributed by atoms with van der Waals surface area (Å²) in [7, 11) is 3.90. The predicted molar refractivity (Wildman–Crippen MR) is 178 cm³/mol. The summed E-state index contributed by atoms with van der Waals surface area (Å²) in [6, 6.07) is 21.5. The van der Waals surface area contributed by atoms with Crippen LogP contribution in [0.4, 0.5) is 10.1 Å². The number of hydrogen-bond donors (Lipinski definition) is 3. The van der Waals surface area contributed by atoms with Crippen molar-refractivity contribution in [2.24, 2.45) is 0 Å². The van der Waals surface area contributed by atoms with Gasteiger partial charge in [0.15, 0.2) is 17.2 Å². The Bertz CT molecular complexity index is 2210. The topological polar surface area (TPSA) is 138 Å². The van der Waals surface area contributed by atoms with Gasteiger partial charge >= 0.3 is 0 Å². The van der Waals surface area contributed by atoms with E-state index in [0.717, 1.165) is 11.1 Å². The molecule has 0 spiro atoms. The van der Waals surface area contributed by atoms with Gasteiger partial charge in [0.05, 0.1) is 29.5 Å². The van der Waals surface area contributed by atoms with E-state index in [4.69, 9.17) is 14.7 Å². The first kappa shape index (κ1) is 29.7. The third-order valence-corrected chi connectivity index (χ3v) is 7.53. The van der Waals surface area contributed by atoms with Crippen LogP contribution in [0.3, 0.4) is 0 Å². The number of benzene rings is 2. The van der Waals surface area contributed by atoms with E-state index in [0.29, 0.717) is 75.1 Å². The first-order chi connectivity index (χ1) is 22.9. The molecular formula is C35H30FN9O2. The fraction of sp³-hybridized carbons (Fsp3) is 0.143. The lowest BCUT2D eigenvalue weighted by Crippen LogP contribution is -2.19. The molecule has 1 amide bonds. The highest BCUT2D eigenvalue weighted by Gasteiger charge is 2.18. The molecular weight excluding hydrogens is 597 g/mol. The zero-order chi connectivity index (χ0) is 32.3. The van der Waals surface area contributed by atoms with Crippen LogP contribution in [0.2, 0.25) is 0 Å². The maximum Gasteiger partial charge on any atom is 0.228 e. The highest BCUT2D eigenvalue weighted by molar-refractivity contribution is 5.95. The minimum Gasteiger partial charge on any atom is -0.492 e. The van der Waals surface area contributed by atoms with Gasteiger partial charge in [-0.1, -0.05) is 30.3 Å². The van der Waals surface area contributed by atoms with Gasteiger partial charge in [-0.15, -0.1) is 0 Å². The quantitative estimate of drug-likeness (QED) is 0.171. The number of rotatable bonds is 10. The summed E-state index contributed by atoms with van der Waals surface area (Å²) in [4.78, 5) is 36.4. The number of aromatic nitrogens is 7. The van der Waals surface area contributed by atoms with E-state index in [2.05, 4.69) is 30.5 Å². The number of anilines is 1. The van der Waals surface area contributed by atoms with Crippen molar-refractivity contribution in [2.45, 2.75) is 6.42 Å². The largest absolute Gasteiger partial charge is 0.492 e. The molecule has 0 unspecified atom stereocenters. The van der Waals surface area contributed by atoms with Crippen LogP contribution < -0.4 is 10.1 Å². The smallest absolute Gasteiger partial charge is 0.228 e. The van der Waals surface area contributed by atoms with E-state index < -0.39 is 5.82 Å². The normalized spacial score (nSPS) is 11.4. The average Bonchev–Trinajstić information content (AvgIpc) is 3.69. The second kappa shape index (κ2) is 12.8. The molecule has 5 aromatic heterocycles. The first-order valence-corrected chi connectivity index (χ1v) is 15.0. The minimum atomic E-state index is -0.410. The number of likely N-dealkylation sites (N-methyl/N-ethyl adjacent to an activating group) is 1. The van der Waals surface area contributed by atoms with Crippen molar-refractivity contribution >= 4 is 33.8 Å². The second-order valence-corrected chi connectivity index (χ2v) is 11.3. The number of carbonyl (C=O) groups is 1. The van der Waals surface area contributed by atoms with Crippen LogP contribution in [0, 0.1) is 5.82 Å². The third-order valence-electron chi connectivity index (χ3n) is 7.53. The molecule has 0 atom stereocenters. The Morgan fingerprint density at radius 3 is 2.68 bits per heavy atom.